The van der Waals surface area contributed by atoms with Gasteiger partial charge in [-0.2, -0.15) is 0 Å². The highest BCUT2D eigenvalue weighted by molar-refractivity contribution is 7.09. The van der Waals surface area contributed by atoms with Crippen molar-refractivity contribution >= 4 is 11.3 Å². The summed E-state index contributed by atoms with van der Waals surface area (Å²) in [5.74, 6) is 0. The van der Waals surface area contributed by atoms with Gasteiger partial charge in [0.2, 0.25) is 0 Å². The number of nitrogens with zero attached hydrogens (tertiary/aromatic N) is 1. The standard InChI is InChI=1S/C12H20N2OS/c1-9-11(16-8-14-9)7-13-10-4-5-15-12(2,3)6-10/h8,10,13H,4-7H2,1-3H3. The van der Waals surface area contributed by atoms with Gasteiger partial charge in [-0.05, 0) is 33.6 Å². The van der Waals surface area contributed by atoms with Crippen molar-refractivity contribution in [2.45, 2.75) is 51.8 Å². The van der Waals surface area contributed by atoms with E-state index < -0.39 is 0 Å². The fraction of sp³-hybridized carbons (Fsp3) is 0.750. The van der Waals surface area contributed by atoms with Gasteiger partial charge in [0.05, 0.1) is 16.8 Å². The Hall–Kier alpha value is -0.450. The predicted molar refractivity (Wildman–Crippen MR) is 66.7 cm³/mol. The zero-order valence-corrected chi connectivity index (χ0v) is 11.1. The highest BCUT2D eigenvalue weighted by Gasteiger charge is 2.28. The van der Waals surface area contributed by atoms with E-state index in [9.17, 15) is 0 Å². The first-order valence-corrected chi connectivity index (χ1v) is 6.71. The third-order valence-corrected chi connectivity index (χ3v) is 4.03. The number of hydrogen-bond donors (Lipinski definition) is 1. The molecule has 1 aromatic heterocycles. The van der Waals surface area contributed by atoms with Gasteiger partial charge in [-0.15, -0.1) is 11.3 Å². The van der Waals surface area contributed by atoms with Gasteiger partial charge < -0.3 is 10.1 Å². The van der Waals surface area contributed by atoms with Crippen LogP contribution in [-0.2, 0) is 11.3 Å². The zero-order chi connectivity index (χ0) is 11.6. The third kappa shape index (κ3) is 3.03. The van der Waals surface area contributed by atoms with Crippen molar-refractivity contribution in [3.63, 3.8) is 0 Å². The van der Waals surface area contributed by atoms with Crippen molar-refractivity contribution in [1.29, 1.82) is 0 Å². The fourth-order valence-corrected chi connectivity index (χ4v) is 2.87. The SMILES string of the molecule is Cc1ncsc1CNC1CCOC(C)(C)C1. The van der Waals surface area contributed by atoms with E-state index >= 15 is 0 Å². The van der Waals surface area contributed by atoms with Crippen molar-refractivity contribution < 1.29 is 4.74 Å². The molecule has 1 atom stereocenters. The van der Waals surface area contributed by atoms with E-state index in [1.165, 1.54) is 4.88 Å². The second kappa shape index (κ2) is 4.82. The minimum atomic E-state index is 0.0264. The monoisotopic (exact) mass is 240 g/mol. The van der Waals surface area contributed by atoms with E-state index in [1.807, 2.05) is 5.51 Å². The van der Waals surface area contributed by atoms with Crippen LogP contribution in [0.3, 0.4) is 0 Å². The first kappa shape index (κ1) is 12.0. The van der Waals surface area contributed by atoms with E-state index in [1.54, 1.807) is 11.3 Å². The summed E-state index contributed by atoms with van der Waals surface area (Å²) in [6.07, 6.45) is 2.20. The lowest BCUT2D eigenvalue weighted by atomic mass is 9.94. The van der Waals surface area contributed by atoms with Crippen LogP contribution in [0.4, 0.5) is 0 Å². The largest absolute Gasteiger partial charge is 0.375 e. The molecule has 0 bridgehead atoms. The summed E-state index contributed by atoms with van der Waals surface area (Å²) >= 11 is 1.73. The average molecular weight is 240 g/mol. The lowest BCUT2D eigenvalue weighted by molar-refractivity contribution is -0.0630. The Morgan fingerprint density at radius 2 is 2.44 bits per heavy atom. The molecular formula is C12H20N2OS. The Balaban J connectivity index is 1.84. The van der Waals surface area contributed by atoms with E-state index in [0.29, 0.717) is 6.04 Å². The van der Waals surface area contributed by atoms with Crippen LogP contribution >= 0.6 is 11.3 Å². The summed E-state index contributed by atoms with van der Waals surface area (Å²) in [6.45, 7) is 8.21. The molecule has 1 fully saturated rings. The van der Waals surface area contributed by atoms with Crippen molar-refractivity contribution in [1.82, 2.24) is 10.3 Å². The molecule has 0 spiro atoms. The molecule has 1 aliphatic heterocycles. The smallest absolute Gasteiger partial charge is 0.0798 e. The molecule has 3 nitrogen and oxygen atoms in total. The fourth-order valence-electron chi connectivity index (χ4n) is 2.14. The maximum Gasteiger partial charge on any atom is 0.0798 e. The summed E-state index contributed by atoms with van der Waals surface area (Å²) in [6, 6.07) is 0.574. The topological polar surface area (TPSA) is 34.2 Å². The summed E-state index contributed by atoms with van der Waals surface area (Å²) in [7, 11) is 0. The van der Waals surface area contributed by atoms with Crippen LogP contribution in [0.2, 0.25) is 0 Å². The summed E-state index contributed by atoms with van der Waals surface area (Å²) < 4.78 is 5.71. The van der Waals surface area contributed by atoms with Gasteiger partial charge in [-0.1, -0.05) is 0 Å². The van der Waals surface area contributed by atoms with Gasteiger partial charge in [0.1, 0.15) is 0 Å². The van der Waals surface area contributed by atoms with Gasteiger partial charge in [-0.25, -0.2) is 4.98 Å². The van der Waals surface area contributed by atoms with Crippen molar-refractivity contribution in [3.05, 3.63) is 16.1 Å². The molecule has 1 aliphatic rings. The minimum Gasteiger partial charge on any atom is -0.375 e. The van der Waals surface area contributed by atoms with Crippen molar-refractivity contribution in [2.24, 2.45) is 0 Å². The average Bonchev–Trinajstić information content (AvgIpc) is 2.60. The zero-order valence-electron chi connectivity index (χ0n) is 10.2. The van der Waals surface area contributed by atoms with E-state index in [4.69, 9.17) is 4.74 Å². The molecule has 0 aromatic carbocycles. The molecule has 16 heavy (non-hydrogen) atoms. The Morgan fingerprint density at radius 1 is 1.62 bits per heavy atom. The molecule has 4 heteroatoms. The molecule has 2 rings (SSSR count). The summed E-state index contributed by atoms with van der Waals surface area (Å²) in [4.78, 5) is 5.61. The van der Waals surface area contributed by atoms with Gasteiger partial charge in [-0.3, -0.25) is 0 Å². The molecule has 0 aliphatic carbocycles. The Morgan fingerprint density at radius 3 is 3.06 bits per heavy atom. The van der Waals surface area contributed by atoms with Crippen LogP contribution in [-0.4, -0.2) is 23.2 Å². The maximum absolute atomic E-state index is 5.71. The molecule has 1 unspecified atom stereocenters. The van der Waals surface area contributed by atoms with Crippen LogP contribution in [0.15, 0.2) is 5.51 Å². The van der Waals surface area contributed by atoms with Crippen molar-refractivity contribution in [2.75, 3.05) is 6.61 Å². The van der Waals surface area contributed by atoms with Crippen LogP contribution in [0.25, 0.3) is 0 Å². The molecule has 1 aromatic rings. The van der Waals surface area contributed by atoms with Gasteiger partial charge in [0.25, 0.3) is 0 Å². The quantitative estimate of drug-likeness (QED) is 0.881. The maximum atomic E-state index is 5.71. The number of thiazole rings is 1. The number of ether oxygens (including phenoxy) is 1. The van der Waals surface area contributed by atoms with E-state index in [-0.39, 0.29) is 5.60 Å². The van der Waals surface area contributed by atoms with Crippen LogP contribution < -0.4 is 5.32 Å². The number of rotatable bonds is 3. The molecular weight excluding hydrogens is 220 g/mol. The molecule has 0 radical (unpaired) electrons. The molecule has 1 saturated heterocycles. The second-order valence-corrected chi connectivity index (χ2v) is 5.98. The molecule has 1 N–H and O–H groups in total. The molecule has 0 saturated carbocycles. The van der Waals surface area contributed by atoms with E-state index in [0.717, 1.165) is 31.7 Å². The minimum absolute atomic E-state index is 0.0264. The first-order chi connectivity index (χ1) is 7.57. The van der Waals surface area contributed by atoms with Crippen LogP contribution in [0.5, 0.6) is 0 Å². The number of aryl methyl sites for hydroxylation is 1. The normalized spacial score (nSPS) is 24.6. The first-order valence-electron chi connectivity index (χ1n) is 5.83. The Kier molecular flexibility index (Phi) is 3.62. The third-order valence-electron chi connectivity index (χ3n) is 3.09. The van der Waals surface area contributed by atoms with Crippen LogP contribution in [0, 0.1) is 6.92 Å². The van der Waals surface area contributed by atoms with Crippen LogP contribution in [0.1, 0.15) is 37.3 Å². The van der Waals surface area contributed by atoms with E-state index in [2.05, 4.69) is 31.1 Å². The molecule has 90 valence electrons. The van der Waals surface area contributed by atoms with Gasteiger partial charge >= 0.3 is 0 Å². The molecule has 0 amide bonds. The lowest BCUT2D eigenvalue weighted by Crippen LogP contribution is -2.43. The second-order valence-electron chi connectivity index (χ2n) is 5.04. The number of aromatic nitrogens is 1. The highest BCUT2D eigenvalue weighted by atomic mass is 32.1. The summed E-state index contributed by atoms with van der Waals surface area (Å²) in [5.41, 5.74) is 3.10. The lowest BCUT2D eigenvalue weighted by Gasteiger charge is -2.35. The van der Waals surface area contributed by atoms with Crippen molar-refractivity contribution in [3.8, 4) is 0 Å². The molecule has 2 heterocycles. The van der Waals surface area contributed by atoms with Gasteiger partial charge in [0.15, 0.2) is 0 Å². The number of nitrogens with one attached hydrogen (secondary N) is 1. The Bertz CT molecular complexity index is 349. The number of hydrogen-bond acceptors (Lipinski definition) is 4. The predicted octanol–water partition coefficient (Wildman–Crippen LogP) is 2.50. The summed E-state index contributed by atoms with van der Waals surface area (Å²) in [5, 5.41) is 3.61. The highest BCUT2D eigenvalue weighted by Crippen LogP contribution is 2.24. The Labute approximate surface area is 101 Å². The van der Waals surface area contributed by atoms with Gasteiger partial charge in [0, 0.05) is 24.1 Å².